The molecule has 0 bridgehead atoms. The molecule has 0 fully saturated rings. The average molecular weight is 308 g/mol. The first-order chi connectivity index (χ1) is 11.1. The monoisotopic (exact) mass is 308 g/mol. The summed E-state index contributed by atoms with van der Waals surface area (Å²) in [5, 5.41) is 6.49. The van der Waals surface area contributed by atoms with Gasteiger partial charge in [-0.1, -0.05) is 36.4 Å². The zero-order valence-electron chi connectivity index (χ0n) is 13.8. The lowest BCUT2D eigenvalue weighted by atomic mass is 9.87. The van der Waals surface area contributed by atoms with E-state index in [1.807, 2.05) is 38.1 Å². The number of aryl methyl sites for hydroxylation is 2. The number of carbonyl (C=O) groups excluding carboxylic acids is 1. The van der Waals surface area contributed by atoms with Crippen LogP contribution in [0, 0.1) is 6.92 Å². The number of hydrogen-bond acceptors (Lipinski definition) is 2. The quantitative estimate of drug-likeness (QED) is 0.896. The molecule has 2 atom stereocenters. The van der Waals surface area contributed by atoms with Crippen LogP contribution < -0.4 is 10.6 Å². The van der Waals surface area contributed by atoms with Crippen LogP contribution in [-0.4, -0.2) is 11.9 Å². The third-order valence-electron chi connectivity index (χ3n) is 4.50. The minimum absolute atomic E-state index is 0.0126. The maximum absolute atomic E-state index is 12.4. The third kappa shape index (κ3) is 3.80. The molecule has 1 aliphatic carbocycles. The van der Waals surface area contributed by atoms with Crippen LogP contribution in [0.4, 0.5) is 5.69 Å². The first-order valence-electron chi connectivity index (χ1n) is 8.35. The average Bonchev–Trinajstić information content (AvgIpc) is 2.55. The molecule has 3 nitrogen and oxygen atoms in total. The Labute approximate surface area is 138 Å². The van der Waals surface area contributed by atoms with Crippen molar-refractivity contribution in [3.8, 4) is 0 Å². The van der Waals surface area contributed by atoms with Gasteiger partial charge in [0.25, 0.3) is 0 Å². The summed E-state index contributed by atoms with van der Waals surface area (Å²) in [5.41, 5.74) is 4.74. The van der Waals surface area contributed by atoms with Crippen LogP contribution in [0.3, 0.4) is 0 Å². The lowest BCUT2D eigenvalue weighted by Gasteiger charge is -2.29. The fourth-order valence-electron chi connectivity index (χ4n) is 3.28. The highest BCUT2D eigenvalue weighted by Crippen LogP contribution is 2.29. The lowest BCUT2D eigenvalue weighted by Crippen LogP contribution is -2.41. The highest BCUT2D eigenvalue weighted by molar-refractivity contribution is 5.94. The van der Waals surface area contributed by atoms with E-state index in [0.29, 0.717) is 0 Å². The molecule has 0 heterocycles. The number of amides is 1. The zero-order chi connectivity index (χ0) is 16.2. The topological polar surface area (TPSA) is 41.1 Å². The summed E-state index contributed by atoms with van der Waals surface area (Å²) in [6.07, 6.45) is 3.39. The normalized spacial score (nSPS) is 18.1. The van der Waals surface area contributed by atoms with Gasteiger partial charge in [-0.15, -0.1) is 0 Å². The van der Waals surface area contributed by atoms with E-state index >= 15 is 0 Å². The van der Waals surface area contributed by atoms with Crippen LogP contribution >= 0.6 is 0 Å². The van der Waals surface area contributed by atoms with Crippen LogP contribution in [0.2, 0.25) is 0 Å². The van der Waals surface area contributed by atoms with Crippen molar-refractivity contribution < 1.29 is 4.79 Å². The van der Waals surface area contributed by atoms with Crippen LogP contribution in [-0.2, 0) is 11.2 Å². The second-order valence-corrected chi connectivity index (χ2v) is 6.39. The van der Waals surface area contributed by atoms with E-state index in [9.17, 15) is 4.79 Å². The summed E-state index contributed by atoms with van der Waals surface area (Å²) in [7, 11) is 0. The van der Waals surface area contributed by atoms with E-state index in [4.69, 9.17) is 0 Å². The first kappa shape index (κ1) is 15.8. The van der Waals surface area contributed by atoms with Crippen LogP contribution in [0.25, 0.3) is 0 Å². The van der Waals surface area contributed by atoms with Gasteiger partial charge in [0.05, 0.1) is 6.04 Å². The minimum atomic E-state index is -0.230. The molecule has 3 heteroatoms. The molecule has 1 amide bonds. The molecule has 2 aromatic carbocycles. The number of nitrogens with one attached hydrogen (secondary N) is 2. The molecule has 3 rings (SSSR count). The van der Waals surface area contributed by atoms with Crippen molar-refractivity contribution in [2.75, 3.05) is 5.32 Å². The van der Waals surface area contributed by atoms with Gasteiger partial charge in [0, 0.05) is 11.7 Å². The van der Waals surface area contributed by atoms with Gasteiger partial charge < -0.3 is 5.32 Å². The van der Waals surface area contributed by atoms with Crippen molar-refractivity contribution >= 4 is 11.6 Å². The number of hydrogen-bond donors (Lipinski definition) is 2. The Kier molecular flexibility index (Phi) is 4.77. The molecule has 0 aliphatic heterocycles. The maximum Gasteiger partial charge on any atom is 0.241 e. The van der Waals surface area contributed by atoms with Crippen molar-refractivity contribution in [1.29, 1.82) is 0 Å². The molecule has 0 spiro atoms. The highest BCUT2D eigenvalue weighted by atomic mass is 16.2. The van der Waals surface area contributed by atoms with Crippen LogP contribution in [0.5, 0.6) is 0 Å². The predicted octanol–water partition coefficient (Wildman–Crippen LogP) is 3.99. The molecular weight excluding hydrogens is 284 g/mol. The van der Waals surface area contributed by atoms with E-state index in [0.717, 1.165) is 24.1 Å². The first-order valence-corrected chi connectivity index (χ1v) is 8.35. The summed E-state index contributed by atoms with van der Waals surface area (Å²) in [6, 6.07) is 16.5. The summed E-state index contributed by atoms with van der Waals surface area (Å²) < 4.78 is 0. The number of fused-ring (bicyclic) bond motifs is 1. The molecule has 120 valence electrons. The number of benzene rings is 2. The fraction of sp³-hybridized carbons (Fsp3) is 0.350. The standard InChI is InChI=1S/C20H24N2O/c1-14-7-5-10-17(13-14)22-20(23)15(2)21-19-12-6-9-16-8-3-4-11-18(16)19/h3-5,7-8,10-11,13,15,19,21H,6,9,12H2,1-2H3,(H,22,23)/t15-,19+/m0/s1. The molecule has 0 radical (unpaired) electrons. The summed E-state index contributed by atoms with van der Waals surface area (Å²) in [5.74, 6) is 0.0126. The molecule has 0 saturated carbocycles. The van der Waals surface area contributed by atoms with E-state index in [1.54, 1.807) is 0 Å². The molecule has 0 unspecified atom stereocenters. The summed E-state index contributed by atoms with van der Waals surface area (Å²) in [6.45, 7) is 3.96. The van der Waals surface area contributed by atoms with Crippen molar-refractivity contribution in [1.82, 2.24) is 5.32 Å². The second kappa shape index (κ2) is 6.97. The SMILES string of the molecule is Cc1cccc(NC(=O)[C@H](C)N[C@@H]2CCCc3ccccc32)c1. The van der Waals surface area contributed by atoms with Crippen molar-refractivity contribution in [3.05, 3.63) is 65.2 Å². The molecular formula is C20H24N2O. The van der Waals surface area contributed by atoms with Crippen LogP contribution in [0.1, 0.15) is 42.5 Å². The van der Waals surface area contributed by atoms with E-state index in [1.165, 1.54) is 17.5 Å². The zero-order valence-corrected chi connectivity index (χ0v) is 13.8. The van der Waals surface area contributed by atoms with Gasteiger partial charge in [-0.2, -0.15) is 0 Å². The Bertz CT molecular complexity index is 696. The van der Waals surface area contributed by atoms with Crippen molar-refractivity contribution in [2.45, 2.75) is 45.2 Å². The lowest BCUT2D eigenvalue weighted by molar-refractivity contribution is -0.118. The van der Waals surface area contributed by atoms with Gasteiger partial charge in [-0.3, -0.25) is 10.1 Å². The van der Waals surface area contributed by atoms with Crippen molar-refractivity contribution in [2.24, 2.45) is 0 Å². The molecule has 0 aromatic heterocycles. The Hall–Kier alpha value is -2.13. The smallest absolute Gasteiger partial charge is 0.241 e. The van der Waals surface area contributed by atoms with E-state index in [2.05, 4.69) is 34.9 Å². The van der Waals surface area contributed by atoms with Gasteiger partial charge in [0.2, 0.25) is 5.91 Å². The summed E-state index contributed by atoms with van der Waals surface area (Å²) in [4.78, 5) is 12.4. The Morgan fingerprint density at radius 2 is 2.00 bits per heavy atom. The van der Waals surface area contributed by atoms with Gasteiger partial charge >= 0.3 is 0 Å². The van der Waals surface area contributed by atoms with Crippen LogP contribution in [0.15, 0.2) is 48.5 Å². The second-order valence-electron chi connectivity index (χ2n) is 6.39. The summed E-state index contributed by atoms with van der Waals surface area (Å²) >= 11 is 0. The van der Waals surface area contributed by atoms with Gasteiger partial charge in [0.1, 0.15) is 0 Å². The van der Waals surface area contributed by atoms with E-state index < -0.39 is 0 Å². The Morgan fingerprint density at radius 3 is 2.83 bits per heavy atom. The van der Waals surface area contributed by atoms with Gasteiger partial charge in [0.15, 0.2) is 0 Å². The molecule has 0 saturated heterocycles. The largest absolute Gasteiger partial charge is 0.325 e. The molecule has 1 aliphatic rings. The van der Waals surface area contributed by atoms with Crippen molar-refractivity contribution in [3.63, 3.8) is 0 Å². The number of rotatable bonds is 4. The third-order valence-corrected chi connectivity index (χ3v) is 4.50. The van der Waals surface area contributed by atoms with Gasteiger partial charge in [-0.25, -0.2) is 0 Å². The minimum Gasteiger partial charge on any atom is -0.325 e. The Morgan fingerprint density at radius 1 is 1.17 bits per heavy atom. The number of anilines is 1. The molecule has 2 N–H and O–H groups in total. The molecule has 2 aromatic rings. The van der Waals surface area contributed by atoms with E-state index in [-0.39, 0.29) is 18.0 Å². The van der Waals surface area contributed by atoms with Gasteiger partial charge in [-0.05, 0) is 61.9 Å². The fourth-order valence-corrected chi connectivity index (χ4v) is 3.28. The number of carbonyl (C=O) groups is 1. The predicted molar refractivity (Wildman–Crippen MR) is 94.5 cm³/mol. The molecule has 23 heavy (non-hydrogen) atoms. The maximum atomic E-state index is 12.4. The Balaban J connectivity index is 1.65. The highest BCUT2D eigenvalue weighted by Gasteiger charge is 2.23.